The van der Waals surface area contributed by atoms with Gasteiger partial charge < -0.3 is 24.4 Å². The normalized spacial score (nSPS) is 45.7. The third-order valence-electron chi connectivity index (χ3n) is 9.51. The van der Waals surface area contributed by atoms with Crippen molar-refractivity contribution in [3.8, 4) is 0 Å². The zero-order chi connectivity index (χ0) is 24.5. The maximum absolute atomic E-state index is 13.2. The fourth-order valence-corrected chi connectivity index (χ4v) is 7.29. The molecule has 8 heteroatoms. The number of cyclic esters (lactones) is 1. The molecule has 1 aromatic heterocycles. The van der Waals surface area contributed by atoms with E-state index in [0.29, 0.717) is 5.56 Å². The van der Waals surface area contributed by atoms with E-state index in [4.69, 9.17) is 14.2 Å². The summed E-state index contributed by atoms with van der Waals surface area (Å²) in [5.74, 6) is -1.05. The van der Waals surface area contributed by atoms with Crippen LogP contribution in [0, 0.1) is 16.7 Å². The number of pyridine rings is 1. The van der Waals surface area contributed by atoms with E-state index in [2.05, 4.69) is 11.1 Å². The average Bonchev–Trinajstić information content (AvgIpc) is 3.17. The lowest BCUT2D eigenvalue weighted by Gasteiger charge is -2.70. The summed E-state index contributed by atoms with van der Waals surface area (Å²) < 4.78 is 18.1. The topological polar surface area (TPSA) is 115 Å². The van der Waals surface area contributed by atoms with Crippen molar-refractivity contribution < 1.29 is 34.0 Å². The van der Waals surface area contributed by atoms with Crippen LogP contribution in [0.4, 0.5) is 0 Å². The molecule has 8 atom stereocenters. The monoisotopic (exact) mass is 471 g/mol. The van der Waals surface area contributed by atoms with Gasteiger partial charge in [0.1, 0.15) is 30.0 Å². The van der Waals surface area contributed by atoms with E-state index in [0.717, 1.165) is 18.4 Å². The summed E-state index contributed by atoms with van der Waals surface area (Å²) in [6.07, 6.45) is 3.93. The number of hydrogen-bond acceptors (Lipinski definition) is 8. The molecule has 0 radical (unpaired) electrons. The van der Waals surface area contributed by atoms with Gasteiger partial charge in [0, 0.05) is 29.6 Å². The van der Waals surface area contributed by atoms with Crippen molar-refractivity contribution in [1.82, 2.24) is 4.98 Å². The highest BCUT2D eigenvalue weighted by molar-refractivity contribution is 5.89. The summed E-state index contributed by atoms with van der Waals surface area (Å²) in [6, 6.07) is 3.32. The van der Waals surface area contributed by atoms with Gasteiger partial charge in [0.15, 0.2) is 0 Å². The number of carbonyl (C=O) groups is 2. The number of ether oxygens (including phenoxy) is 3. The van der Waals surface area contributed by atoms with E-state index in [1.165, 1.54) is 6.20 Å². The minimum absolute atomic E-state index is 0.00327. The van der Waals surface area contributed by atoms with Crippen LogP contribution < -0.4 is 0 Å². The van der Waals surface area contributed by atoms with Crippen LogP contribution >= 0.6 is 0 Å². The molecular weight excluding hydrogens is 438 g/mol. The van der Waals surface area contributed by atoms with Gasteiger partial charge in [-0.15, -0.1) is 0 Å². The first-order valence-corrected chi connectivity index (χ1v) is 12.0. The summed E-state index contributed by atoms with van der Waals surface area (Å²) in [6.45, 7) is 7.76. The van der Waals surface area contributed by atoms with Crippen LogP contribution in [0.2, 0.25) is 0 Å². The van der Waals surface area contributed by atoms with Gasteiger partial charge in [-0.25, -0.2) is 4.79 Å². The Morgan fingerprint density at radius 3 is 2.65 bits per heavy atom. The highest BCUT2D eigenvalue weighted by atomic mass is 16.6. The molecule has 5 rings (SSSR count). The van der Waals surface area contributed by atoms with Gasteiger partial charge in [-0.1, -0.05) is 25.5 Å². The van der Waals surface area contributed by atoms with Crippen LogP contribution in [-0.2, 0) is 19.0 Å². The van der Waals surface area contributed by atoms with Crippen molar-refractivity contribution in [2.24, 2.45) is 16.7 Å². The predicted octanol–water partition coefficient (Wildman–Crippen LogP) is 2.58. The maximum atomic E-state index is 13.2. The van der Waals surface area contributed by atoms with Crippen LogP contribution in [0.15, 0.2) is 36.2 Å². The van der Waals surface area contributed by atoms with E-state index in [9.17, 15) is 19.8 Å². The number of carbonyl (C=O) groups excluding carboxylic acids is 2. The number of aliphatic hydroxyl groups excluding tert-OH is 2. The standard InChI is InChI=1S/C26H33NO7/c1-15-7-5-9-17-23(15,2)20(29)21(30)25(4)24(17,3)18(11-26(34-25)12-19(28)32-14-26)33-22(31)16-8-6-10-27-13-16/h6-8,10,13,17-18,20-21,29-30H,5,9,11-12,14H2,1-4H3. The molecule has 0 bridgehead atoms. The Balaban J connectivity index is 1.64. The van der Waals surface area contributed by atoms with Crippen molar-refractivity contribution >= 4 is 11.9 Å². The van der Waals surface area contributed by atoms with Crippen molar-refractivity contribution in [1.29, 1.82) is 0 Å². The largest absolute Gasteiger partial charge is 0.462 e. The molecule has 2 aliphatic heterocycles. The van der Waals surface area contributed by atoms with Gasteiger partial charge in [-0.05, 0) is 44.7 Å². The van der Waals surface area contributed by atoms with Crippen LogP contribution in [0.25, 0.3) is 0 Å². The second-order valence-corrected chi connectivity index (χ2v) is 11.0. The minimum Gasteiger partial charge on any atom is -0.462 e. The quantitative estimate of drug-likeness (QED) is 0.500. The molecule has 184 valence electrons. The molecule has 3 heterocycles. The average molecular weight is 472 g/mol. The fraction of sp³-hybridized carbons (Fsp3) is 0.654. The molecule has 2 N–H and O–H groups in total. The lowest BCUT2D eigenvalue weighted by Crippen LogP contribution is -2.79. The number of nitrogens with zero attached hydrogens (tertiary/aromatic N) is 1. The van der Waals surface area contributed by atoms with E-state index in [1.807, 2.05) is 20.8 Å². The van der Waals surface area contributed by atoms with Gasteiger partial charge in [-0.2, -0.15) is 0 Å². The second kappa shape index (κ2) is 7.60. The van der Waals surface area contributed by atoms with Crippen molar-refractivity contribution in [2.45, 2.75) is 82.9 Å². The van der Waals surface area contributed by atoms with Crippen LogP contribution in [-0.4, -0.2) is 63.3 Å². The molecule has 0 amide bonds. The van der Waals surface area contributed by atoms with Gasteiger partial charge >= 0.3 is 11.9 Å². The summed E-state index contributed by atoms with van der Waals surface area (Å²) in [4.78, 5) is 29.4. The SMILES string of the molecule is CC1=CCCC2C1(C)C(O)C(O)C1(C)OC3(COC(=O)C3)CC(OC(=O)c3cccnc3)C21C. The van der Waals surface area contributed by atoms with Gasteiger partial charge in [0.05, 0.1) is 18.1 Å². The molecule has 8 nitrogen and oxygen atoms in total. The first kappa shape index (κ1) is 23.5. The first-order chi connectivity index (χ1) is 16.0. The lowest BCUT2D eigenvalue weighted by atomic mass is 9.41. The molecule has 2 aliphatic carbocycles. The Labute approximate surface area is 199 Å². The number of aliphatic hydroxyl groups is 2. The Morgan fingerprint density at radius 1 is 1.24 bits per heavy atom. The molecule has 2 saturated heterocycles. The highest BCUT2D eigenvalue weighted by Gasteiger charge is 2.75. The van der Waals surface area contributed by atoms with E-state index < -0.39 is 52.3 Å². The van der Waals surface area contributed by atoms with E-state index >= 15 is 0 Å². The molecule has 4 aliphatic rings. The number of allylic oxidation sites excluding steroid dienone is 1. The zero-order valence-electron chi connectivity index (χ0n) is 20.1. The number of rotatable bonds is 2. The molecule has 1 aromatic rings. The number of aromatic nitrogens is 1. The molecule has 1 saturated carbocycles. The summed E-state index contributed by atoms with van der Waals surface area (Å²) in [5, 5.41) is 23.1. The summed E-state index contributed by atoms with van der Waals surface area (Å²) in [5.41, 5.74) is -2.58. The van der Waals surface area contributed by atoms with E-state index in [-0.39, 0.29) is 25.4 Å². The predicted molar refractivity (Wildman–Crippen MR) is 121 cm³/mol. The Hall–Kier alpha value is -2.29. The van der Waals surface area contributed by atoms with Crippen LogP contribution in [0.1, 0.15) is 63.7 Å². The van der Waals surface area contributed by atoms with Crippen molar-refractivity contribution in [2.75, 3.05) is 6.61 Å². The number of fused-ring (bicyclic) bond motifs is 3. The Kier molecular flexibility index (Phi) is 5.24. The first-order valence-electron chi connectivity index (χ1n) is 12.0. The number of hydrogen-bond donors (Lipinski definition) is 2. The smallest absolute Gasteiger partial charge is 0.339 e. The lowest BCUT2D eigenvalue weighted by molar-refractivity contribution is -0.362. The van der Waals surface area contributed by atoms with Gasteiger partial charge in [0.2, 0.25) is 0 Å². The third-order valence-corrected chi connectivity index (χ3v) is 9.51. The van der Waals surface area contributed by atoms with Gasteiger partial charge in [0.25, 0.3) is 0 Å². The number of esters is 2. The molecule has 8 unspecified atom stereocenters. The van der Waals surface area contributed by atoms with Crippen molar-refractivity contribution in [3.63, 3.8) is 0 Å². The summed E-state index contributed by atoms with van der Waals surface area (Å²) >= 11 is 0. The van der Waals surface area contributed by atoms with Crippen molar-refractivity contribution in [3.05, 3.63) is 41.7 Å². The molecule has 34 heavy (non-hydrogen) atoms. The zero-order valence-corrected chi connectivity index (χ0v) is 20.1. The molecule has 1 spiro atoms. The molecule has 3 fully saturated rings. The molecular formula is C26H33NO7. The minimum atomic E-state index is -1.29. The van der Waals surface area contributed by atoms with Gasteiger partial charge in [-0.3, -0.25) is 9.78 Å². The third kappa shape index (κ3) is 2.98. The second-order valence-electron chi connectivity index (χ2n) is 11.0. The molecule has 0 aromatic carbocycles. The van der Waals surface area contributed by atoms with Crippen LogP contribution in [0.5, 0.6) is 0 Å². The van der Waals surface area contributed by atoms with E-state index in [1.54, 1.807) is 25.3 Å². The highest BCUT2D eigenvalue weighted by Crippen LogP contribution is 2.67. The Morgan fingerprint density at radius 2 is 2.00 bits per heavy atom. The van der Waals surface area contributed by atoms with Crippen LogP contribution in [0.3, 0.4) is 0 Å². The Bertz CT molecular complexity index is 1040. The maximum Gasteiger partial charge on any atom is 0.339 e. The summed E-state index contributed by atoms with van der Waals surface area (Å²) in [7, 11) is 0. The fourth-order valence-electron chi connectivity index (χ4n) is 7.29.